The monoisotopic (exact) mass is 348 g/mol. The van der Waals surface area contributed by atoms with E-state index in [0.717, 1.165) is 21.3 Å². The highest BCUT2D eigenvalue weighted by Crippen LogP contribution is 2.27. The number of halogens is 1. The van der Waals surface area contributed by atoms with Crippen LogP contribution in [-0.4, -0.2) is 12.5 Å². The lowest BCUT2D eigenvalue weighted by Gasteiger charge is -2.12. The third kappa shape index (κ3) is 4.23. The van der Waals surface area contributed by atoms with Gasteiger partial charge >= 0.3 is 0 Å². The van der Waals surface area contributed by atoms with Crippen LogP contribution in [0.1, 0.15) is 11.1 Å². The number of hydrogen-bond acceptors (Lipinski definition) is 3. The molecule has 2 aromatic carbocycles. The summed E-state index contributed by atoms with van der Waals surface area (Å²) in [7, 11) is 0. The summed E-state index contributed by atoms with van der Waals surface area (Å²) in [6.45, 7) is 3.79. The lowest BCUT2D eigenvalue weighted by molar-refractivity contribution is -0.118. The second kappa shape index (κ2) is 6.63. The Morgan fingerprint density at radius 1 is 1.24 bits per heavy atom. The van der Waals surface area contributed by atoms with Gasteiger partial charge in [-0.25, -0.2) is 0 Å². The van der Waals surface area contributed by atoms with Gasteiger partial charge in [-0.3, -0.25) is 4.79 Å². The average molecular weight is 349 g/mol. The fourth-order valence-corrected chi connectivity index (χ4v) is 2.32. The first-order valence-electron chi connectivity index (χ1n) is 6.50. The maximum absolute atomic E-state index is 11.9. The van der Waals surface area contributed by atoms with Crippen molar-refractivity contribution in [2.45, 2.75) is 13.8 Å². The Bertz CT molecular complexity index is 631. The molecule has 0 unspecified atom stereocenters. The van der Waals surface area contributed by atoms with Gasteiger partial charge < -0.3 is 15.8 Å². The number of carbonyl (C=O) groups excluding carboxylic acids is 1. The molecule has 21 heavy (non-hydrogen) atoms. The van der Waals surface area contributed by atoms with E-state index in [-0.39, 0.29) is 12.5 Å². The van der Waals surface area contributed by atoms with Gasteiger partial charge in [0.05, 0.1) is 5.69 Å². The number of anilines is 2. The Labute approximate surface area is 132 Å². The third-order valence-electron chi connectivity index (χ3n) is 2.92. The van der Waals surface area contributed by atoms with Crippen LogP contribution in [0.15, 0.2) is 40.9 Å². The minimum absolute atomic E-state index is 0.0792. The molecule has 0 saturated carbocycles. The van der Waals surface area contributed by atoms with Crippen LogP contribution in [-0.2, 0) is 4.79 Å². The van der Waals surface area contributed by atoms with Gasteiger partial charge in [0.2, 0.25) is 0 Å². The van der Waals surface area contributed by atoms with Crippen molar-refractivity contribution in [3.8, 4) is 5.75 Å². The summed E-state index contributed by atoms with van der Waals surface area (Å²) in [6, 6.07) is 11.1. The molecule has 110 valence electrons. The largest absolute Gasteiger partial charge is 0.481 e. The van der Waals surface area contributed by atoms with Gasteiger partial charge in [0, 0.05) is 10.2 Å². The Morgan fingerprint density at radius 3 is 2.52 bits per heavy atom. The van der Waals surface area contributed by atoms with Crippen molar-refractivity contribution in [3.63, 3.8) is 0 Å². The standard InChI is InChI=1S/C16H17BrN2O2/c1-10-7-11(2)16(14(18)8-10)21-9-15(20)19-13-5-3-12(17)4-6-13/h3-8H,9,18H2,1-2H3,(H,19,20). The van der Waals surface area contributed by atoms with Crippen molar-refractivity contribution in [1.29, 1.82) is 0 Å². The second-order valence-electron chi connectivity index (χ2n) is 4.84. The molecule has 0 spiro atoms. The Kier molecular flexibility index (Phi) is 4.85. The predicted molar refractivity (Wildman–Crippen MR) is 88.6 cm³/mol. The summed E-state index contributed by atoms with van der Waals surface area (Å²) in [5.41, 5.74) is 9.17. The maximum atomic E-state index is 11.9. The van der Waals surface area contributed by atoms with E-state index < -0.39 is 0 Å². The van der Waals surface area contributed by atoms with E-state index >= 15 is 0 Å². The van der Waals surface area contributed by atoms with Crippen LogP contribution in [0, 0.1) is 13.8 Å². The van der Waals surface area contributed by atoms with E-state index in [1.165, 1.54) is 0 Å². The molecule has 0 aliphatic heterocycles. The molecule has 0 radical (unpaired) electrons. The summed E-state index contributed by atoms with van der Waals surface area (Å²) in [4.78, 5) is 11.9. The maximum Gasteiger partial charge on any atom is 0.262 e. The van der Waals surface area contributed by atoms with Crippen molar-refractivity contribution < 1.29 is 9.53 Å². The van der Waals surface area contributed by atoms with Crippen LogP contribution in [0.3, 0.4) is 0 Å². The number of nitrogen functional groups attached to an aromatic ring is 1. The van der Waals surface area contributed by atoms with Crippen LogP contribution in [0.4, 0.5) is 11.4 Å². The molecule has 1 amide bonds. The SMILES string of the molecule is Cc1cc(C)c(OCC(=O)Nc2ccc(Br)cc2)c(N)c1. The Hall–Kier alpha value is -2.01. The molecule has 0 bridgehead atoms. The zero-order chi connectivity index (χ0) is 15.4. The highest BCUT2D eigenvalue weighted by atomic mass is 79.9. The summed E-state index contributed by atoms with van der Waals surface area (Å²) in [5, 5.41) is 2.76. The lowest BCUT2D eigenvalue weighted by Crippen LogP contribution is -2.20. The lowest BCUT2D eigenvalue weighted by atomic mass is 10.1. The molecule has 5 heteroatoms. The van der Waals surface area contributed by atoms with Gasteiger partial charge in [0.25, 0.3) is 5.91 Å². The number of rotatable bonds is 4. The zero-order valence-electron chi connectivity index (χ0n) is 11.9. The van der Waals surface area contributed by atoms with E-state index in [4.69, 9.17) is 10.5 Å². The van der Waals surface area contributed by atoms with Gasteiger partial charge in [-0.1, -0.05) is 22.0 Å². The van der Waals surface area contributed by atoms with Crippen LogP contribution in [0.25, 0.3) is 0 Å². The van der Waals surface area contributed by atoms with Gasteiger partial charge in [-0.05, 0) is 55.3 Å². The topological polar surface area (TPSA) is 64.3 Å². The van der Waals surface area contributed by atoms with E-state index in [1.54, 1.807) is 0 Å². The van der Waals surface area contributed by atoms with E-state index in [9.17, 15) is 4.79 Å². The van der Waals surface area contributed by atoms with Crippen LogP contribution in [0.5, 0.6) is 5.75 Å². The molecule has 2 aromatic rings. The van der Waals surface area contributed by atoms with E-state index in [2.05, 4.69) is 21.2 Å². The normalized spacial score (nSPS) is 10.2. The molecule has 0 aliphatic carbocycles. The minimum Gasteiger partial charge on any atom is -0.481 e. The van der Waals surface area contributed by atoms with Crippen LogP contribution < -0.4 is 15.8 Å². The fourth-order valence-electron chi connectivity index (χ4n) is 2.05. The molecule has 0 aromatic heterocycles. The van der Waals surface area contributed by atoms with Gasteiger partial charge in [-0.2, -0.15) is 0 Å². The number of nitrogens with two attached hydrogens (primary N) is 1. The number of nitrogens with one attached hydrogen (secondary N) is 1. The van der Waals surface area contributed by atoms with Crippen molar-refractivity contribution >= 4 is 33.2 Å². The molecule has 0 atom stereocenters. The summed E-state index contributed by atoms with van der Waals surface area (Å²) in [5.74, 6) is 0.336. The molecular formula is C16H17BrN2O2. The van der Waals surface area contributed by atoms with Crippen molar-refractivity contribution in [1.82, 2.24) is 0 Å². The number of aryl methyl sites for hydroxylation is 2. The number of hydrogen-bond donors (Lipinski definition) is 2. The first-order chi connectivity index (χ1) is 9.95. The average Bonchev–Trinajstić information content (AvgIpc) is 2.40. The zero-order valence-corrected chi connectivity index (χ0v) is 13.5. The van der Waals surface area contributed by atoms with Crippen molar-refractivity contribution in [3.05, 3.63) is 52.0 Å². The fraction of sp³-hybridized carbons (Fsp3) is 0.188. The Morgan fingerprint density at radius 2 is 1.90 bits per heavy atom. The molecule has 2 rings (SSSR count). The number of carbonyl (C=O) groups is 1. The first-order valence-corrected chi connectivity index (χ1v) is 7.30. The first kappa shape index (κ1) is 15.4. The molecule has 0 fully saturated rings. The summed E-state index contributed by atoms with van der Waals surface area (Å²) < 4.78 is 6.49. The summed E-state index contributed by atoms with van der Waals surface area (Å²) >= 11 is 3.34. The van der Waals surface area contributed by atoms with Gasteiger partial charge in [0.1, 0.15) is 5.75 Å². The molecular weight excluding hydrogens is 332 g/mol. The highest BCUT2D eigenvalue weighted by Gasteiger charge is 2.09. The Balaban J connectivity index is 1.97. The van der Waals surface area contributed by atoms with Gasteiger partial charge in [-0.15, -0.1) is 0 Å². The van der Waals surface area contributed by atoms with Crippen molar-refractivity contribution in [2.75, 3.05) is 17.7 Å². The highest BCUT2D eigenvalue weighted by molar-refractivity contribution is 9.10. The molecule has 3 N–H and O–H groups in total. The molecule has 0 saturated heterocycles. The van der Waals surface area contributed by atoms with E-state index in [1.807, 2.05) is 50.2 Å². The second-order valence-corrected chi connectivity index (χ2v) is 5.76. The molecule has 0 aliphatic rings. The van der Waals surface area contributed by atoms with E-state index in [0.29, 0.717) is 11.4 Å². The number of ether oxygens (including phenoxy) is 1. The van der Waals surface area contributed by atoms with Crippen LogP contribution in [0.2, 0.25) is 0 Å². The molecule has 4 nitrogen and oxygen atoms in total. The minimum atomic E-state index is -0.225. The van der Waals surface area contributed by atoms with Crippen molar-refractivity contribution in [2.24, 2.45) is 0 Å². The smallest absolute Gasteiger partial charge is 0.262 e. The van der Waals surface area contributed by atoms with Crippen LogP contribution >= 0.6 is 15.9 Å². The van der Waals surface area contributed by atoms with Gasteiger partial charge in [0.15, 0.2) is 6.61 Å². The molecule has 0 heterocycles. The number of amides is 1. The number of benzene rings is 2. The quantitative estimate of drug-likeness (QED) is 0.828. The predicted octanol–water partition coefficient (Wildman–Crippen LogP) is 3.67. The summed E-state index contributed by atoms with van der Waals surface area (Å²) in [6.07, 6.45) is 0. The third-order valence-corrected chi connectivity index (χ3v) is 3.45.